The number of fused-ring (bicyclic) bond motifs is 1. The topological polar surface area (TPSA) is 30.0 Å². The van der Waals surface area contributed by atoms with Gasteiger partial charge in [0.1, 0.15) is 11.6 Å². The predicted molar refractivity (Wildman–Crippen MR) is 118 cm³/mol. The minimum absolute atomic E-state index is 0.0660. The smallest absolute Gasteiger partial charge is 0.228 e. The summed E-state index contributed by atoms with van der Waals surface area (Å²) >= 11 is 0. The number of hydrogen-bond acceptors (Lipinski definition) is 4. The SMILES string of the molecule is O=C(CCN1CCN(C2CC2)CC1)N1CCN(c2ccc(F)cc2)c2cc(F)ccc21. The summed E-state index contributed by atoms with van der Waals surface area (Å²) in [6.45, 7) is 6.03. The fourth-order valence-corrected chi connectivity index (χ4v) is 4.71. The van der Waals surface area contributed by atoms with Gasteiger partial charge in [0.05, 0.1) is 11.4 Å². The molecule has 0 spiro atoms. The summed E-state index contributed by atoms with van der Waals surface area (Å²) < 4.78 is 27.4. The Morgan fingerprint density at radius 3 is 2.26 bits per heavy atom. The van der Waals surface area contributed by atoms with Crippen LogP contribution in [0.4, 0.5) is 25.8 Å². The largest absolute Gasteiger partial charge is 0.338 e. The molecule has 5 nitrogen and oxygen atoms in total. The van der Waals surface area contributed by atoms with Gasteiger partial charge in [-0.25, -0.2) is 8.78 Å². The van der Waals surface area contributed by atoms with Crippen LogP contribution in [0.5, 0.6) is 0 Å². The highest BCUT2D eigenvalue weighted by Crippen LogP contribution is 2.38. The number of nitrogens with zero attached hydrogens (tertiary/aromatic N) is 4. The third-order valence-corrected chi connectivity index (χ3v) is 6.62. The van der Waals surface area contributed by atoms with E-state index < -0.39 is 0 Å². The van der Waals surface area contributed by atoms with Crippen LogP contribution in [-0.4, -0.2) is 67.6 Å². The van der Waals surface area contributed by atoms with Crippen molar-refractivity contribution in [2.45, 2.75) is 25.3 Å². The fourth-order valence-electron chi connectivity index (χ4n) is 4.71. The summed E-state index contributed by atoms with van der Waals surface area (Å²) in [4.78, 5) is 21.7. The molecule has 1 saturated heterocycles. The molecule has 2 heterocycles. The van der Waals surface area contributed by atoms with Crippen LogP contribution in [-0.2, 0) is 4.79 Å². The Kier molecular flexibility index (Phi) is 5.63. The maximum absolute atomic E-state index is 14.1. The molecule has 2 aromatic carbocycles. The lowest BCUT2D eigenvalue weighted by atomic mass is 10.1. The molecule has 0 aromatic heterocycles. The quantitative estimate of drug-likeness (QED) is 0.731. The van der Waals surface area contributed by atoms with Gasteiger partial charge in [-0.1, -0.05) is 0 Å². The minimum Gasteiger partial charge on any atom is -0.338 e. The van der Waals surface area contributed by atoms with Crippen molar-refractivity contribution in [1.82, 2.24) is 9.80 Å². The number of amides is 1. The molecule has 2 aromatic rings. The second-order valence-corrected chi connectivity index (χ2v) is 8.67. The van der Waals surface area contributed by atoms with Crippen LogP contribution >= 0.6 is 0 Å². The monoisotopic (exact) mass is 426 g/mol. The second-order valence-electron chi connectivity index (χ2n) is 8.67. The average Bonchev–Trinajstić information content (AvgIpc) is 3.63. The first-order chi connectivity index (χ1) is 15.1. The summed E-state index contributed by atoms with van der Waals surface area (Å²) in [7, 11) is 0. The Hall–Kier alpha value is -2.51. The number of rotatable bonds is 5. The standard InChI is InChI=1S/C24H28F2N4O/c25-18-1-4-21(5-2-18)29-15-16-30(22-8-3-19(26)17-23(22)29)24(31)9-10-27-11-13-28(14-12-27)20-6-7-20/h1-5,8,17,20H,6-7,9-16H2. The molecule has 1 aliphatic carbocycles. The first-order valence-electron chi connectivity index (χ1n) is 11.2. The van der Waals surface area contributed by atoms with Gasteiger partial charge in [0.25, 0.3) is 0 Å². The van der Waals surface area contributed by atoms with E-state index in [1.165, 1.54) is 37.1 Å². The van der Waals surface area contributed by atoms with Gasteiger partial charge in [0.2, 0.25) is 5.91 Å². The third kappa shape index (κ3) is 4.43. The van der Waals surface area contributed by atoms with Crippen molar-refractivity contribution in [3.63, 3.8) is 0 Å². The van der Waals surface area contributed by atoms with Gasteiger partial charge in [-0.15, -0.1) is 0 Å². The lowest BCUT2D eigenvalue weighted by Crippen LogP contribution is -2.48. The molecule has 2 aliphatic heterocycles. The molecule has 0 N–H and O–H groups in total. The molecule has 164 valence electrons. The zero-order valence-corrected chi connectivity index (χ0v) is 17.6. The van der Waals surface area contributed by atoms with Crippen molar-refractivity contribution >= 4 is 23.0 Å². The maximum atomic E-state index is 14.1. The van der Waals surface area contributed by atoms with Crippen molar-refractivity contribution in [2.75, 3.05) is 55.6 Å². The van der Waals surface area contributed by atoms with Crippen LogP contribution in [0.1, 0.15) is 19.3 Å². The first kappa shape index (κ1) is 20.4. The number of benzene rings is 2. The van der Waals surface area contributed by atoms with Gasteiger partial charge in [0.15, 0.2) is 0 Å². The molecule has 0 unspecified atom stereocenters. The van der Waals surface area contributed by atoms with Gasteiger partial charge in [-0.3, -0.25) is 9.69 Å². The van der Waals surface area contributed by atoms with Crippen LogP contribution in [0.3, 0.4) is 0 Å². The number of anilines is 3. The molecular weight excluding hydrogens is 398 g/mol. The molecule has 0 radical (unpaired) electrons. The Bertz CT molecular complexity index is 939. The van der Waals surface area contributed by atoms with Crippen molar-refractivity contribution in [3.05, 3.63) is 54.1 Å². The van der Waals surface area contributed by atoms with E-state index in [1.807, 2.05) is 4.90 Å². The van der Waals surface area contributed by atoms with Crippen molar-refractivity contribution in [1.29, 1.82) is 0 Å². The van der Waals surface area contributed by atoms with Crippen molar-refractivity contribution in [2.24, 2.45) is 0 Å². The van der Waals surface area contributed by atoms with Crippen molar-refractivity contribution < 1.29 is 13.6 Å². The second kappa shape index (κ2) is 8.55. The lowest BCUT2D eigenvalue weighted by molar-refractivity contribution is -0.119. The van der Waals surface area contributed by atoms with Crippen LogP contribution in [0, 0.1) is 11.6 Å². The first-order valence-corrected chi connectivity index (χ1v) is 11.2. The molecule has 3 aliphatic rings. The van der Waals surface area contributed by atoms with Gasteiger partial charge >= 0.3 is 0 Å². The van der Waals surface area contributed by atoms with Crippen LogP contribution in [0.15, 0.2) is 42.5 Å². The number of carbonyl (C=O) groups is 1. The summed E-state index contributed by atoms with van der Waals surface area (Å²) in [5.74, 6) is -0.597. The molecule has 2 fully saturated rings. The number of halogens is 2. The van der Waals surface area contributed by atoms with E-state index in [-0.39, 0.29) is 17.5 Å². The zero-order valence-electron chi connectivity index (χ0n) is 17.6. The van der Waals surface area contributed by atoms with E-state index in [0.29, 0.717) is 30.9 Å². The Morgan fingerprint density at radius 1 is 0.839 bits per heavy atom. The Balaban J connectivity index is 1.26. The number of carbonyl (C=O) groups excluding carboxylic acids is 1. The lowest BCUT2D eigenvalue weighted by Gasteiger charge is -2.38. The average molecular weight is 427 g/mol. The van der Waals surface area contributed by atoms with Crippen LogP contribution in [0.2, 0.25) is 0 Å². The maximum Gasteiger partial charge on any atom is 0.228 e. The van der Waals surface area contributed by atoms with E-state index in [4.69, 9.17) is 0 Å². The van der Waals surface area contributed by atoms with E-state index >= 15 is 0 Å². The summed E-state index contributed by atoms with van der Waals surface area (Å²) in [5, 5.41) is 0. The molecule has 7 heteroatoms. The summed E-state index contributed by atoms with van der Waals surface area (Å²) in [6.07, 6.45) is 3.13. The highest BCUT2D eigenvalue weighted by molar-refractivity contribution is 5.99. The molecule has 0 atom stereocenters. The van der Waals surface area contributed by atoms with Crippen molar-refractivity contribution in [3.8, 4) is 0 Å². The van der Waals surface area contributed by atoms with Crippen LogP contribution in [0.25, 0.3) is 0 Å². The number of piperazine rings is 1. The number of hydrogen-bond donors (Lipinski definition) is 0. The zero-order chi connectivity index (χ0) is 21.4. The molecule has 1 amide bonds. The van der Waals surface area contributed by atoms with E-state index in [0.717, 1.165) is 44.5 Å². The minimum atomic E-state index is -0.353. The summed E-state index contributed by atoms with van der Waals surface area (Å²) in [5.41, 5.74) is 2.14. The van der Waals surface area contributed by atoms with E-state index in [9.17, 15) is 13.6 Å². The van der Waals surface area contributed by atoms with Gasteiger partial charge in [0, 0.05) is 64.0 Å². The molecule has 31 heavy (non-hydrogen) atoms. The summed E-state index contributed by atoms with van der Waals surface area (Å²) in [6, 6.07) is 11.5. The normalized spacial score (nSPS) is 20.1. The van der Waals surface area contributed by atoms with Gasteiger partial charge in [-0.2, -0.15) is 0 Å². The molecule has 0 bridgehead atoms. The fraction of sp³-hybridized carbons (Fsp3) is 0.458. The third-order valence-electron chi connectivity index (χ3n) is 6.62. The van der Waals surface area contributed by atoms with Gasteiger partial charge < -0.3 is 14.7 Å². The van der Waals surface area contributed by atoms with E-state index in [2.05, 4.69) is 9.80 Å². The Labute approximate surface area is 181 Å². The van der Waals surface area contributed by atoms with Crippen LogP contribution < -0.4 is 9.80 Å². The molecule has 1 saturated carbocycles. The van der Waals surface area contributed by atoms with Gasteiger partial charge in [-0.05, 0) is 55.3 Å². The highest BCUT2D eigenvalue weighted by atomic mass is 19.1. The molecular formula is C24H28F2N4O. The Morgan fingerprint density at radius 2 is 1.55 bits per heavy atom. The predicted octanol–water partition coefficient (Wildman–Crippen LogP) is 3.62. The molecule has 5 rings (SSSR count). The highest BCUT2D eigenvalue weighted by Gasteiger charge is 2.32. The van der Waals surface area contributed by atoms with E-state index in [1.54, 1.807) is 23.1 Å².